The topological polar surface area (TPSA) is 102 Å². The maximum atomic E-state index is 12.5. The van der Waals surface area contributed by atoms with E-state index in [0.29, 0.717) is 5.02 Å². The molecule has 30 heavy (non-hydrogen) atoms. The number of thioether (sulfide) groups is 1. The average Bonchev–Trinajstić information content (AvgIpc) is 2.68. The smallest absolute Gasteiger partial charge is 0.307 e. The number of anilines is 1. The maximum absolute atomic E-state index is 12.5. The van der Waals surface area contributed by atoms with E-state index >= 15 is 0 Å². The largest absolute Gasteiger partial charge is 0.456 e. The van der Waals surface area contributed by atoms with Gasteiger partial charge in [0.05, 0.1) is 17.0 Å². The van der Waals surface area contributed by atoms with Crippen LogP contribution in [-0.2, 0) is 24.3 Å². The first-order valence-electron chi connectivity index (χ1n) is 8.42. The van der Waals surface area contributed by atoms with Crippen LogP contribution in [-0.4, -0.2) is 39.2 Å². The summed E-state index contributed by atoms with van der Waals surface area (Å²) in [6.07, 6.45) is -0.308. The number of sulfonamides is 1. The van der Waals surface area contributed by atoms with Crippen molar-refractivity contribution in [2.45, 2.75) is 22.0 Å². The number of carbonyl (C=O) groups excluding carboxylic acids is 2. The van der Waals surface area contributed by atoms with Crippen LogP contribution in [0.15, 0.2) is 58.3 Å². The molecule has 0 unspecified atom stereocenters. The van der Waals surface area contributed by atoms with E-state index in [1.165, 1.54) is 36.4 Å². The Balaban J connectivity index is 1.77. The Morgan fingerprint density at radius 3 is 2.43 bits per heavy atom. The first-order valence-corrected chi connectivity index (χ1v) is 11.2. The van der Waals surface area contributed by atoms with Gasteiger partial charge in [-0.05, 0) is 36.4 Å². The number of amides is 1. The third-order valence-corrected chi connectivity index (χ3v) is 6.00. The zero-order chi connectivity index (χ0) is 22.1. The number of halogens is 3. The van der Waals surface area contributed by atoms with E-state index in [9.17, 15) is 26.8 Å². The molecule has 1 amide bonds. The first kappa shape index (κ1) is 24.1. The van der Waals surface area contributed by atoms with Crippen LogP contribution in [0.4, 0.5) is 14.5 Å². The quantitative estimate of drug-likeness (QED) is 0.400. The molecule has 0 bridgehead atoms. The summed E-state index contributed by atoms with van der Waals surface area (Å²) in [7, 11) is -3.82. The van der Waals surface area contributed by atoms with Gasteiger partial charge in [-0.25, -0.2) is 13.1 Å². The Morgan fingerprint density at radius 2 is 1.77 bits per heavy atom. The maximum Gasteiger partial charge on any atom is 0.307 e. The molecule has 0 aliphatic heterocycles. The normalized spacial score (nSPS) is 11.3. The van der Waals surface area contributed by atoms with Crippen molar-refractivity contribution in [3.63, 3.8) is 0 Å². The van der Waals surface area contributed by atoms with E-state index < -0.39 is 34.3 Å². The van der Waals surface area contributed by atoms with Crippen molar-refractivity contribution >= 4 is 50.9 Å². The lowest BCUT2D eigenvalue weighted by atomic mass is 10.3. The standard InChI is InChI=1S/C18H17ClF2N2O5S2/c19-12-5-7-13(8-6-12)30(26,27)22-10-9-17(25)28-11-16(24)23-14-3-1-2-4-15(14)29-18(20)21/h1-8,18,22H,9-11H2,(H,23,24). The van der Waals surface area contributed by atoms with Crippen LogP contribution in [0.2, 0.25) is 5.02 Å². The Labute approximate surface area is 181 Å². The molecule has 7 nitrogen and oxygen atoms in total. The van der Waals surface area contributed by atoms with Gasteiger partial charge in [0.25, 0.3) is 11.7 Å². The molecule has 0 aliphatic carbocycles. The summed E-state index contributed by atoms with van der Waals surface area (Å²) in [4.78, 5) is 23.8. The molecule has 162 valence electrons. The van der Waals surface area contributed by atoms with Crippen molar-refractivity contribution < 1.29 is 31.5 Å². The highest BCUT2D eigenvalue weighted by molar-refractivity contribution is 7.99. The van der Waals surface area contributed by atoms with E-state index in [0.717, 1.165) is 0 Å². The zero-order valence-corrected chi connectivity index (χ0v) is 17.7. The second-order valence-electron chi connectivity index (χ2n) is 5.69. The van der Waals surface area contributed by atoms with Crippen molar-refractivity contribution in [2.75, 3.05) is 18.5 Å². The number of carbonyl (C=O) groups is 2. The summed E-state index contributed by atoms with van der Waals surface area (Å²) in [5.41, 5.74) is 0.166. The van der Waals surface area contributed by atoms with Crippen molar-refractivity contribution in [1.82, 2.24) is 4.72 Å². The number of hydrogen-bond acceptors (Lipinski definition) is 6. The fourth-order valence-electron chi connectivity index (χ4n) is 2.16. The summed E-state index contributed by atoms with van der Waals surface area (Å²) in [5.74, 6) is -4.18. The third kappa shape index (κ3) is 7.90. The van der Waals surface area contributed by atoms with Crippen molar-refractivity contribution in [2.24, 2.45) is 0 Å². The molecule has 0 radical (unpaired) electrons. The number of benzene rings is 2. The number of esters is 1. The van der Waals surface area contributed by atoms with Gasteiger partial charge in [0, 0.05) is 16.5 Å². The third-order valence-electron chi connectivity index (χ3n) is 3.49. The van der Waals surface area contributed by atoms with E-state index in [2.05, 4.69) is 10.0 Å². The minimum absolute atomic E-state index is 0.0139. The van der Waals surface area contributed by atoms with Crippen LogP contribution in [0.1, 0.15) is 6.42 Å². The van der Waals surface area contributed by atoms with Crippen LogP contribution in [0, 0.1) is 0 Å². The summed E-state index contributed by atoms with van der Waals surface area (Å²) >= 11 is 5.98. The fourth-order valence-corrected chi connectivity index (χ4v) is 3.91. The molecule has 2 N–H and O–H groups in total. The highest BCUT2D eigenvalue weighted by Crippen LogP contribution is 2.31. The lowest BCUT2D eigenvalue weighted by Crippen LogP contribution is -2.28. The minimum Gasteiger partial charge on any atom is -0.456 e. The van der Waals surface area contributed by atoms with Gasteiger partial charge in [0.2, 0.25) is 10.0 Å². The van der Waals surface area contributed by atoms with Crippen LogP contribution in [0.5, 0.6) is 0 Å². The van der Waals surface area contributed by atoms with Crippen LogP contribution in [0.25, 0.3) is 0 Å². The molecule has 0 heterocycles. The number of alkyl halides is 2. The first-order chi connectivity index (χ1) is 14.2. The molecule has 0 saturated heterocycles. The molecule has 2 aromatic carbocycles. The molecular formula is C18H17ClF2N2O5S2. The van der Waals surface area contributed by atoms with E-state index in [4.69, 9.17) is 16.3 Å². The van der Waals surface area contributed by atoms with Crippen LogP contribution < -0.4 is 10.0 Å². The number of para-hydroxylation sites is 1. The predicted molar refractivity (Wildman–Crippen MR) is 109 cm³/mol. The van der Waals surface area contributed by atoms with Gasteiger partial charge in [-0.15, -0.1) is 0 Å². The van der Waals surface area contributed by atoms with E-state index in [1.807, 2.05) is 0 Å². The van der Waals surface area contributed by atoms with Gasteiger partial charge in [0.15, 0.2) is 6.61 Å². The molecule has 0 spiro atoms. The fraction of sp³-hybridized carbons (Fsp3) is 0.222. The molecule has 0 fully saturated rings. The van der Waals surface area contributed by atoms with Gasteiger partial charge >= 0.3 is 5.97 Å². The minimum atomic E-state index is -3.82. The van der Waals surface area contributed by atoms with Crippen molar-refractivity contribution in [3.8, 4) is 0 Å². The summed E-state index contributed by atoms with van der Waals surface area (Å²) < 4.78 is 56.3. The van der Waals surface area contributed by atoms with E-state index in [-0.39, 0.29) is 40.2 Å². The van der Waals surface area contributed by atoms with Gasteiger partial charge in [-0.1, -0.05) is 35.5 Å². The lowest BCUT2D eigenvalue weighted by Gasteiger charge is -2.11. The van der Waals surface area contributed by atoms with Gasteiger partial charge < -0.3 is 10.1 Å². The van der Waals surface area contributed by atoms with Crippen molar-refractivity contribution in [3.05, 3.63) is 53.6 Å². The predicted octanol–water partition coefficient (Wildman–Crippen LogP) is 3.51. The molecule has 12 heteroatoms. The molecular weight excluding hydrogens is 462 g/mol. The Hall–Kier alpha value is -2.21. The molecule has 0 atom stereocenters. The van der Waals surface area contributed by atoms with Gasteiger partial charge in [-0.3, -0.25) is 9.59 Å². The summed E-state index contributed by atoms with van der Waals surface area (Å²) in [6.45, 7) is -0.879. The van der Waals surface area contributed by atoms with Gasteiger partial charge in [-0.2, -0.15) is 8.78 Å². The zero-order valence-electron chi connectivity index (χ0n) is 15.3. The monoisotopic (exact) mass is 478 g/mol. The van der Waals surface area contributed by atoms with Gasteiger partial charge in [0.1, 0.15) is 0 Å². The summed E-state index contributed by atoms with van der Waals surface area (Å²) in [5, 5.41) is 2.77. The molecule has 2 aromatic rings. The molecule has 2 rings (SSSR count). The second-order valence-corrected chi connectivity index (χ2v) is 8.92. The second kappa shape index (κ2) is 11.3. The number of ether oxygens (including phenoxy) is 1. The number of rotatable bonds is 10. The number of hydrogen-bond donors (Lipinski definition) is 2. The number of nitrogens with one attached hydrogen (secondary N) is 2. The Morgan fingerprint density at radius 1 is 1.10 bits per heavy atom. The highest BCUT2D eigenvalue weighted by atomic mass is 35.5. The molecule has 0 aromatic heterocycles. The summed E-state index contributed by atoms with van der Waals surface area (Å²) in [6, 6.07) is 11.4. The van der Waals surface area contributed by atoms with Crippen molar-refractivity contribution in [1.29, 1.82) is 0 Å². The van der Waals surface area contributed by atoms with Crippen LogP contribution >= 0.6 is 23.4 Å². The SMILES string of the molecule is O=C(COC(=O)CCNS(=O)(=O)c1ccc(Cl)cc1)Nc1ccccc1SC(F)F. The van der Waals surface area contributed by atoms with Crippen LogP contribution in [0.3, 0.4) is 0 Å². The molecule has 0 saturated carbocycles. The Bertz CT molecular complexity index is 988. The Kier molecular flexibility index (Phi) is 9.03. The van der Waals surface area contributed by atoms with E-state index in [1.54, 1.807) is 12.1 Å². The molecule has 0 aliphatic rings. The lowest BCUT2D eigenvalue weighted by molar-refractivity contribution is -0.147. The average molecular weight is 479 g/mol. The highest BCUT2D eigenvalue weighted by Gasteiger charge is 2.16.